The van der Waals surface area contributed by atoms with Crippen molar-refractivity contribution < 1.29 is 9.90 Å². The van der Waals surface area contributed by atoms with Gasteiger partial charge in [0.1, 0.15) is 5.54 Å². The van der Waals surface area contributed by atoms with Crippen molar-refractivity contribution in [3.05, 3.63) is 0 Å². The number of hydrogen-bond acceptors (Lipinski definition) is 2. The quantitative estimate of drug-likeness (QED) is 0.544. The van der Waals surface area contributed by atoms with E-state index in [1.807, 2.05) is 0 Å². The van der Waals surface area contributed by atoms with Crippen LogP contribution >= 0.6 is 0 Å². The number of hydrogen-bond donors (Lipinski definition) is 2. The molecule has 0 aromatic heterocycles. The molecule has 0 aliphatic rings. The molecule has 1 atom stereocenters. The van der Waals surface area contributed by atoms with E-state index in [-0.39, 0.29) is 0 Å². The minimum absolute atomic E-state index is 0.582. The van der Waals surface area contributed by atoms with E-state index in [1.165, 1.54) is 44.9 Å². The second kappa shape index (κ2) is 9.46. The largest absolute Gasteiger partial charge is 0.480 e. The molecule has 17 heavy (non-hydrogen) atoms. The van der Waals surface area contributed by atoms with E-state index in [0.717, 1.165) is 12.8 Å². The molecule has 0 aromatic rings. The van der Waals surface area contributed by atoms with E-state index in [1.54, 1.807) is 6.92 Å². The molecule has 3 nitrogen and oxygen atoms in total. The first-order valence-corrected chi connectivity index (χ1v) is 7.03. The molecule has 0 aromatic carbocycles. The van der Waals surface area contributed by atoms with Crippen molar-refractivity contribution in [1.82, 2.24) is 0 Å². The summed E-state index contributed by atoms with van der Waals surface area (Å²) < 4.78 is 0. The van der Waals surface area contributed by atoms with Crippen molar-refractivity contribution in [1.29, 1.82) is 0 Å². The fourth-order valence-corrected chi connectivity index (χ4v) is 1.91. The predicted octanol–water partition coefficient (Wildman–Crippen LogP) is 3.71. The number of carboxylic acids is 1. The number of rotatable bonds is 11. The lowest BCUT2D eigenvalue weighted by Crippen LogP contribution is -2.44. The molecule has 0 radical (unpaired) electrons. The number of carboxylic acid groups (broad SMARTS) is 1. The summed E-state index contributed by atoms with van der Waals surface area (Å²) in [7, 11) is 0. The lowest BCUT2D eigenvalue weighted by Gasteiger charge is -2.18. The highest BCUT2D eigenvalue weighted by Gasteiger charge is 2.26. The van der Waals surface area contributed by atoms with Crippen LogP contribution in [0, 0.1) is 0 Å². The molecule has 102 valence electrons. The van der Waals surface area contributed by atoms with Gasteiger partial charge in [-0.05, 0) is 13.3 Å². The van der Waals surface area contributed by atoms with Crippen LogP contribution in [0.4, 0.5) is 0 Å². The summed E-state index contributed by atoms with van der Waals surface area (Å²) in [4.78, 5) is 10.8. The van der Waals surface area contributed by atoms with Gasteiger partial charge in [-0.25, -0.2) is 0 Å². The van der Waals surface area contributed by atoms with Crippen LogP contribution in [0.1, 0.15) is 78.1 Å². The highest BCUT2D eigenvalue weighted by Crippen LogP contribution is 2.14. The summed E-state index contributed by atoms with van der Waals surface area (Å²) in [5, 5.41) is 8.84. The molecule has 3 N–H and O–H groups in total. The Hall–Kier alpha value is -0.570. The number of aliphatic carboxylic acids is 1. The van der Waals surface area contributed by atoms with E-state index in [4.69, 9.17) is 10.8 Å². The first kappa shape index (κ1) is 16.4. The van der Waals surface area contributed by atoms with Crippen LogP contribution in [-0.4, -0.2) is 16.6 Å². The number of carbonyl (C=O) groups is 1. The fraction of sp³-hybridized carbons (Fsp3) is 0.929. The van der Waals surface area contributed by atoms with Crippen molar-refractivity contribution in [2.24, 2.45) is 5.73 Å². The van der Waals surface area contributed by atoms with Crippen LogP contribution in [-0.2, 0) is 4.79 Å². The highest BCUT2D eigenvalue weighted by molar-refractivity contribution is 5.77. The average molecular weight is 243 g/mol. The zero-order valence-corrected chi connectivity index (χ0v) is 11.5. The van der Waals surface area contributed by atoms with E-state index < -0.39 is 11.5 Å². The molecule has 0 amide bonds. The van der Waals surface area contributed by atoms with Gasteiger partial charge in [0.2, 0.25) is 0 Å². The van der Waals surface area contributed by atoms with Crippen LogP contribution in [0.15, 0.2) is 0 Å². The first-order valence-electron chi connectivity index (χ1n) is 7.03. The molecule has 0 aliphatic carbocycles. The maximum absolute atomic E-state index is 10.8. The summed E-state index contributed by atoms with van der Waals surface area (Å²) in [6, 6.07) is 0. The van der Waals surface area contributed by atoms with Crippen molar-refractivity contribution in [3.8, 4) is 0 Å². The third kappa shape index (κ3) is 9.16. The zero-order valence-electron chi connectivity index (χ0n) is 11.5. The maximum Gasteiger partial charge on any atom is 0.323 e. The van der Waals surface area contributed by atoms with E-state index in [2.05, 4.69) is 6.92 Å². The van der Waals surface area contributed by atoms with E-state index >= 15 is 0 Å². The van der Waals surface area contributed by atoms with E-state index in [0.29, 0.717) is 6.42 Å². The molecule has 0 saturated carbocycles. The summed E-state index contributed by atoms with van der Waals surface area (Å²) >= 11 is 0. The Morgan fingerprint density at radius 3 is 1.82 bits per heavy atom. The van der Waals surface area contributed by atoms with Crippen LogP contribution in [0.3, 0.4) is 0 Å². The third-order valence-corrected chi connectivity index (χ3v) is 3.29. The molecule has 0 fully saturated rings. The smallest absolute Gasteiger partial charge is 0.323 e. The molecule has 0 rings (SSSR count). The van der Waals surface area contributed by atoms with Crippen LogP contribution < -0.4 is 5.73 Å². The van der Waals surface area contributed by atoms with Gasteiger partial charge in [0.05, 0.1) is 0 Å². The average Bonchev–Trinajstić information content (AvgIpc) is 2.26. The van der Waals surface area contributed by atoms with Gasteiger partial charge in [-0.2, -0.15) is 0 Å². The molecular formula is C14H29NO2. The Labute approximate surface area is 106 Å². The topological polar surface area (TPSA) is 63.3 Å². The molecule has 0 spiro atoms. The Morgan fingerprint density at radius 2 is 1.41 bits per heavy atom. The molecule has 1 unspecified atom stereocenters. The molecule has 0 bridgehead atoms. The first-order chi connectivity index (χ1) is 8.00. The molecule has 0 heterocycles. The summed E-state index contributed by atoms with van der Waals surface area (Å²) in [5.41, 5.74) is 4.62. The minimum atomic E-state index is -1.04. The molecule has 0 aliphatic heterocycles. The predicted molar refractivity (Wildman–Crippen MR) is 72.1 cm³/mol. The standard InChI is InChI=1S/C14H29NO2/c1-3-4-5-6-7-8-9-10-11-12-14(2,15)13(16)17/h3-12,15H2,1-2H3,(H,16,17). The van der Waals surface area contributed by atoms with Gasteiger partial charge in [-0.15, -0.1) is 0 Å². The van der Waals surface area contributed by atoms with E-state index in [9.17, 15) is 4.79 Å². The van der Waals surface area contributed by atoms with Gasteiger partial charge in [0, 0.05) is 0 Å². The molecule has 0 saturated heterocycles. The molecular weight excluding hydrogens is 214 g/mol. The highest BCUT2D eigenvalue weighted by atomic mass is 16.4. The molecule has 3 heteroatoms. The summed E-state index contributed by atoms with van der Waals surface area (Å²) in [5.74, 6) is -0.892. The summed E-state index contributed by atoms with van der Waals surface area (Å²) in [6.07, 6.45) is 11.8. The Kier molecular flexibility index (Phi) is 9.14. The van der Waals surface area contributed by atoms with Crippen molar-refractivity contribution in [2.45, 2.75) is 83.6 Å². The van der Waals surface area contributed by atoms with Gasteiger partial charge in [0.15, 0.2) is 0 Å². The van der Waals surface area contributed by atoms with Crippen LogP contribution in [0.2, 0.25) is 0 Å². The van der Waals surface area contributed by atoms with Crippen LogP contribution in [0.5, 0.6) is 0 Å². The monoisotopic (exact) mass is 243 g/mol. The fourth-order valence-electron chi connectivity index (χ4n) is 1.91. The van der Waals surface area contributed by atoms with Gasteiger partial charge in [-0.3, -0.25) is 4.79 Å². The second-order valence-electron chi connectivity index (χ2n) is 5.30. The van der Waals surface area contributed by atoms with Gasteiger partial charge in [-0.1, -0.05) is 64.7 Å². The maximum atomic E-state index is 10.8. The normalized spacial score (nSPS) is 14.5. The second-order valence-corrected chi connectivity index (χ2v) is 5.30. The van der Waals surface area contributed by atoms with Crippen molar-refractivity contribution in [2.75, 3.05) is 0 Å². The zero-order chi connectivity index (χ0) is 13.1. The lowest BCUT2D eigenvalue weighted by molar-refractivity contribution is -0.142. The number of unbranched alkanes of at least 4 members (excludes halogenated alkanes) is 8. The van der Waals surface area contributed by atoms with Gasteiger partial charge < -0.3 is 10.8 Å². The van der Waals surface area contributed by atoms with Crippen molar-refractivity contribution >= 4 is 5.97 Å². The minimum Gasteiger partial charge on any atom is -0.480 e. The Morgan fingerprint density at radius 1 is 1.00 bits per heavy atom. The third-order valence-electron chi connectivity index (χ3n) is 3.29. The lowest BCUT2D eigenvalue weighted by atomic mass is 9.95. The van der Waals surface area contributed by atoms with Gasteiger partial charge >= 0.3 is 5.97 Å². The number of nitrogens with two attached hydrogens (primary N) is 1. The van der Waals surface area contributed by atoms with Gasteiger partial charge in [0.25, 0.3) is 0 Å². The van der Waals surface area contributed by atoms with Crippen molar-refractivity contribution in [3.63, 3.8) is 0 Å². The summed E-state index contributed by atoms with van der Waals surface area (Å²) in [6.45, 7) is 3.83. The Balaban J connectivity index is 3.27. The SMILES string of the molecule is CCCCCCCCCCCC(C)(N)C(=O)O. The Bertz CT molecular complexity index is 202. The van der Waals surface area contributed by atoms with Crippen LogP contribution in [0.25, 0.3) is 0 Å².